The van der Waals surface area contributed by atoms with Gasteiger partial charge in [-0.15, -0.1) is 12.4 Å². The molecule has 3 amide bonds. The predicted molar refractivity (Wildman–Crippen MR) is 113 cm³/mol. The molecule has 1 unspecified atom stereocenters. The van der Waals surface area contributed by atoms with Gasteiger partial charge in [0.1, 0.15) is 0 Å². The number of hydrogen-bond donors (Lipinski definition) is 3. The van der Waals surface area contributed by atoms with Crippen LogP contribution in [0.25, 0.3) is 0 Å². The van der Waals surface area contributed by atoms with Crippen molar-refractivity contribution < 1.29 is 9.59 Å². The summed E-state index contributed by atoms with van der Waals surface area (Å²) in [5.41, 5.74) is 9.98. The number of nitrogens with zero attached hydrogens (tertiary/aromatic N) is 1. The predicted octanol–water partition coefficient (Wildman–Crippen LogP) is 3.68. The average molecular weight is 421 g/mol. The molecule has 0 saturated carbocycles. The lowest BCUT2D eigenvalue weighted by atomic mass is 9.87. The van der Waals surface area contributed by atoms with Crippen LogP contribution in [0.5, 0.6) is 0 Å². The number of urea groups is 1. The van der Waals surface area contributed by atoms with E-state index in [0.29, 0.717) is 29.4 Å². The number of carbonyl (C=O) groups excluding carboxylic acids is 2. The molecule has 2 aliphatic rings. The maximum atomic E-state index is 12.9. The van der Waals surface area contributed by atoms with E-state index in [4.69, 9.17) is 17.3 Å². The molecule has 8 heteroatoms. The number of hydrogen-bond acceptors (Lipinski definition) is 3. The van der Waals surface area contributed by atoms with Crippen molar-refractivity contribution in [2.45, 2.75) is 25.3 Å². The number of aryl methyl sites for hydroxylation is 1. The lowest BCUT2D eigenvalue weighted by Crippen LogP contribution is -2.32. The Morgan fingerprint density at radius 3 is 2.82 bits per heavy atom. The van der Waals surface area contributed by atoms with Gasteiger partial charge in [0.05, 0.1) is 16.8 Å². The van der Waals surface area contributed by atoms with Crippen molar-refractivity contribution in [1.82, 2.24) is 10.6 Å². The van der Waals surface area contributed by atoms with Crippen LogP contribution in [-0.2, 0) is 6.42 Å². The van der Waals surface area contributed by atoms with E-state index in [-0.39, 0.29) is 30.4 Å². The van der Waals surface area contributed by atoms with E-state index >= 15 is 0 Å². The largest absolute Gasteiger partial charge is 0.399 e. The number of anilines is 2. The van der Waals surface area contributed by atoms with Crippen molar-refractivity contribution in [1.29, 1.82) is 0 Å². The topological polar surface area (TPSA) is 87.5 Å². The molecule has 1 aliphatic carbocycles. The van der Waals surface area contributed by atoms with Crippen LogP contribution in [0.2, 0.25) is 5.02 Å². The highest BCUT2D eigenvalue weighted by Crippen LogP contribution is 2.32. The number of fused-ring (bicyclic) bond motifs is 1. The number of amides is 3. The fourth-order valence-corrected chi connectivity index (χ4v) is 4.01. The summed E-state index contributed by atoms with van der Waals surface area (Å²) < 4.78 is 0. The number of nitrogen functional groups attached to an aromatic ring is 1. The van der Waals surface area contributed by atoms with Gasteiger partial charge >= 0.3 is 6.03 Å². The van der Waals surface area contributed by atoms with Crippen LogP contribution in [0.4, 0.5) is 16.2 Å². The minimum atomic E-state index is -0.201. The number of nitrogens with two attached hydrogens (primary N) is 1. The van der Waals surface area contributed by atoms with E-state index in [1.165, 1.54) is 5.56 Å². The molecular formula is C20H22Cl2N4O2. The Morgan fingerprint density at radius 1 is 1.25 bits per heavy atom. The van der Waals surface area contributed by atoms with Gasteiger partial charge in [0.15, 0.2) is 0 Å². The van der Waals surface area contributed by atoms with Gasteiger partial charge in [-0.3, -0.25) is 9.69 Å². The van der Waals surface area contributed by atoms with Gasteiger partial charge < -0.3 is 16.4 Å². The number of benzene rings is 2. The summed E-state index contributed by atoms with van der Waals surface area (Å²) in [7, 11) is 0. The summed E-state index contributed by atoms with van der Waals surface area (Å²) in [6, 6.07) is 10.6. The summed E-state index contributed by atoms with van der Waals surface area (Å²) in [5.74, 6) is -0.179. The van der Waals surface area contributed by atoms with Crippen molar-refractivity contribution in [3.8, 4) is 0 Å². The number of rotatable bonds is 3. The third kappa shape index (κ3) is 3.88. The monoisotopic (exact) mass is 420 g/mol. The molecule has 6 nitrogen and oxygen atoms in total. The Bertz CT molecular complexity index is 919. The Kier molecular flexibility index (Phi) is 6.01. The Balaban J connectivity index is 0.00000225. The van der Waals surface area contributed by atoms with Crippen molar-refractivity contribution in [2.24, 2.45) is 0 Å². The first kappa shape index (κ1) is 20.3. The van der Waals surface area contributed by atoms with Crippen LogP contribution in [-0.4, -0.2) is 25.0 Å². The fourth-order valence-electron chi connectivity index (χ4n) is 3.79. The summed E-state index contributed by atoms with van der Waals surface area (Å²) in [5, 5.41) is 6.31. The van der Waals surface area contributed by atoms with Crippen molar-refractivity contribution in [2.75, 3.05) is 23.7 Å². The van der Waals surface area contributed by atoms with Gasteiger partial charge in [0, 0.05) is 24.3 Å². The first-order chi connectivity index (χ1) is 13.0. The molecule has 0 radical (unpaired) electrons. The van der Waals surface area contributed by atoms with Crippen LogP contribution in [0.15, 0.2) is 36.4 Å². The van der Waals surface area contributed by atoms with E-state index in [0.717, 1.165) is 30.5 Å². The smallest absolute Gasteiger partial charge is 0.322 e. The summed E-state index contributed by atoms with van der Waals surface area (Å²) in [6.45, 7) is 1.09. The number of carbonyl (C=O) groups is 2. The quantitative estimate of drug-likeness (QED) is 0.661. The summed E-state index contributed by atoms with van der Waals surface area (Å²) in [4.78, 5) is 26.3. The third-order valence-electron chi connectivity index (χ3n) is 5.14. The zero-order chi connectivity index (χ0) is 19.0. The summed E-state index contributed by atoms with van der Waals surface area (Å²) in [6.07, 6.45) is 2.86. The first-order valence-electron chi connectivity index (χ1n) is 9.07. The second-order valence-electron chi connectivity index (χ2n) is 6.93. The molecule has 4 rings (SSSR count). The van der Waals surface area contributed by atoms with E-state index in [1.54, 1.807) is 23.1 Å². The van der Waals surface area contributed by atoms with E-state index in [2.05, 4.69) is 10.6 Å². The average Bonchev–Trinajstić information content (AvgIpc) is 3.07. The molecule has 2 aromatic carbocycles. The van der Waals surface area contributed by atoms with Crippen LogP contribution in [0, 0.1) is 0 Å². The summed E-state index contributed by atoms with van der Waals surface area (Å²) >= 11 is 6.25. The molecule has 4 N–H and O–H groups in total. The van der Waals surface area contributed by atoms with E-state index < -0.39 is 0 Å². The second kappa shape index (κ2) is 8.29. The van der Waals surface area contributed by atoms with E-state index in [9.17, 15) is 9.59 Å². The Morgan fingerprint density at radius 2 is 2.07 bits per heavy atom. The zero-order valence-corrected chi connectivity index (χ0v) is 16.8. The van der Waals surface area contributed by atoms with Gasteiger partial charge in [-0.1, -0.05) is 17.7 Å². The minimum Gasteiger partial charge on any atom is -0.399 e. The molecule has 0 aromatic heterocycles. The van der Waals surface area contributed by atoms with Gasteiger partial charge in [0.25, 0.3) is 5.91 Å². The lowest BCUT2D eigenvalue weighted by Gasteiger charge is -2.27. The van der Waals surface area contributed by atoms with Crippen molar-refractivity contribution in [3.05, 3.63) is 58.1 Å². The minimum absolute atomic E-state index is 0. The first-order valence-corrected chi connectivity index (χ1v) is 9.45. The molecule has 0 spiro atoms. The highest BCUT2D eigenvalue weighted by atomic mass is 35.5. The van der Waals surface area contributed by atoms with Crippen LogP contribution in [0.3, 0.4) is 0 Å². The van der Waals surface area contributed by atoms with Crippen LogP contribution in [0.1, 0.15) is 40.4 Å². The molecule has 0 bridgehead atoms. The molecule has 28 heavy (non-hydrogen) atoms. The SMILES string of the molecule is Cl.Nc1ccc2c(c1)CCCC2NC(=O)c1ccc(Cl)c(N2CCNC2=O)c1. The molecule has 1 saturated heterocycles. The maximum Gasteiger partial charge on any atom is 0.322 e. The van der Waals surface area contributed by atoms with Gasteiger partial charge in [-0.2, -0.15) is 0 Å². The standard InChI is InChI=1S/C20H21ClN4O2.ClH/c21-16-7-4-13(11-18(16)25-9-8-23-20(25)27)19(26)24-17-3-1-2-12-10-14(22)5-6-15(12)17;/h4-7,10-11,17H,1-3,8-9,22H2,(H,23,27)(H,24,26);1H. The van der Waals surface area contributed by atoms with Gasteiger partial charge in [0.2, 0.25) is 0 Å². The Labute approximate surface area is 174 Å². The molecular weight excluding hydrogens is 399 g/mol. The van der Waals surface area contributed by atoms with Crippen LogP contribution < -0.4 is 21.3 Å². The second-order valence-corrected chi connectivity index (χ2v) is 7.33. The number of nitrogens with one attached hydrogen (secondary N) is 2. The molecule has 1 heterocycles. The van der Waals surface area contributed by atoms with E-state index in [1.807, 2.05) is 18.2 Å². The normalized spacial score (nSPS) is 18.1. The highest BCUT2D eigenvalue weighted by molar-refractivity contribution is 6.34. The van der Waals surface area contributed by atoms with Gasteiger partial charge in [-0.25, -0.2) is 4.79 Å². The number of halogens is 2. The maximum absolute atomic E-state index is 12.9. The zero-order valence-electron chi connectivity index (χ0n) is 15.2. The molecule has 148 valence electrons. The van der Waals surface area contributed by atoms with Crippen molar-refractivity contribution in [3.63, 3.8) is 0 Å². The lowest BCUT2D eigenvalue weighted by molar-refractivity contribution is 0.0932. The van der Waals surface area contributed by atoms with Crippen molar-refractivity contribution >= 4 is 47.3 Å². The Hall–Kier alpha value is -2.44. The molecule has 1 fully saturated rings. The third-order valence-corrected chi connectivity index (χ3v) is 5.46. The molecule has 1 atom stereocenters. The highest BCUT2D eigenvalue weighted by Gasteiger charge is 2.26. The van der Waals surface area contributed by atoms with Gasteiger partial charge in [-0.05, 0) is 60.7 Å². The fraction of sp³-hybridized carbons (Fsp3) is 0.300. The van der Waals surface area contributed by atoms with Crippen LogP contribution >= 0.6 is 24.0 Å². The molecule has 1 aliphatic heterocycles. The molecule has 2 aromatic rings.